The van der Waals surface area contributed by atoms with E-state index < -0.39 is 16.2 Å². The van der Waals surface area contributed by atoms with Crippen LogP contribution in [0.5, 0.6) is 0 Å². The molecule has 2 amide bonds. The van der Waals surface area contributed by atoms with E-state index in [9.17, 15) is 18.0 Å². The molecule has 8 nitrogen and oxygen atoms in total. The first-order chi connectivity index (χ1) is 12.3. The Labute approximate surface area is 154 Å². The van der Waals surface area contributed by atoms with E-state index in [1.807, 2.05) is 37.3 Å². The molecule has 1 aromatic carbocycles. The molecule has 1 unspecified atom stereocenters. The van der Waals surface area contributed by atoms with Gasteiger partial charge in [-0.15, -0.1) is 0 Å². The van der Waals surface area contributed by atoms with Crippen LogP contribution in [0.15, 0.2) is 30.3 Å². The van der Waals surface area contributed by atoms with Gasteiger partial charge in [0, 0.05) is 19.5 Å². The first kappa shape index (κ1) is 21.9. The molecule has 0 saturated carbocycles. The van der Waals surface area contributed by atoms with Crippen molar-refractivity contribution in [3.63, 3.8) is 0 Å². The lowest BCUT2D eigenvalue weighted by molar-refractivity contribution is -0.120. The van der Waals surface area contributed by atoms with Crippen LogP contribution in [0.25, 0.3) is 0 Å². The van der Waals surface area contributed by atoms with Crippen molar-refractivity contribution < 1.29 is 26.9 Å². The molecule has 1 atom stereocenters. The Hall–Kier alpha value is -2.13. The van der Waals surface area contributed by atoms with Gasteiger partial charge in [0.2, 0.25) is 5.91 Å². The van der Waals surface area contributed by atoms with Crippen molar-refractivity contribution in [2.24, 2.45) is 0 Å². The second kappa shape index (κ2) is 11.5. The monoisotopic (exact) mass is 386 g/mol. The lowest BCUT2D eigenvalue weighted by Gasteiger charge is -2.11. The molecule has 0 aliphatic heterocycles. The van der Waals surface area contributed by atoms with E-state index in [-0.39, 0.29) is 43.9 Å². The predicted octanol–water partition coefficient (Wildman–Crippen LogP) is 1.56. The lowest BCUT2D eigenvalue weighted by Crippen LogP contribution is -2.34. The van der Waals surface area contributed by atoms with Crippen molar-refractivity contribution in [3.8, 4) is 0 Å². The SMILES string of the molecule is CCC(C)OS(=O)(=O)CCNC(=O)CCNC(=O)OCc1ccccc1. The summed E-state index contributed by atoms with van der Waals surface area (Å²) < 4.78 is 33.2. The summed E-state index contributed by atoms with van der Waals surface area (Å²) in [5.74, 6) is -0.664. The zero-order valence-electron chi connectivity index (χ0n) is 15.1. The molecule has 0 fully saturated rings. The van der Waals surface area contributed by atoms with Gasteiger partial charge in [0.25, 0.3) is 10.1 Å². The Kier molecular flexibility index (Phi) is 9.67. The van der Waals surface area contributed by atoms with Crippen molar-refractivity contribution >= 4 is 22.1 Å². The highest BCUT2D eigenvalue weighted by Crippen LogP contribution is 2.03. The highest BCUT2D eigenvalue weighted by molar-refractivity contribution is 7.86. The minimum absolute atomic E-state index is 0.0205. The van der Waals surface area contributed by atoms with E-state index >= 15 is 0 Å². The third kappa shape index (κ3) is 10.00. The quantitative estimate of drug-likeness (QED) is 0.559. The maximum Gasteiger partial charge on any atom is 0.407 e. The molecule has 0 radical (unpaired) electrons. The topological polar surface area (TPSA) is 111 Å². The number of nitrogens with one attached hydrogen (secondary N) is 2. The summed E-state index contributed by atoms with van der Waals surface area (Å²) in [6.07, 6.45) is -0.405. The molecular weight excluding hydrogens is 360 g/mol. The number of alkyl carbamates (subject to hydrolysis) is 1. The second-order valence-corrected chi connectivity index (χ2v) is 7.38. The van der Waals surface area contributed by atoms with E-state index in [0.717, 1.165) is 5.56 Å². The maximum absolute atomic E-state index is 11.6. The van der Waals surface area contributed by atoms with Gasteiger partial charge >= 0.3 is 6.09 Å². The van der Waals surface area contributed by atoms with Gasteiger partial charge in [0.05, 0.1) is 11.9 Å². The van der Waals surface area contributed by atoms with Crippen LogP contribution in [0.4, 0.5) is 4.79 Å². The van der Waals surface area contributed by atoms with Crippen molar-refractivity contribution in [2.45, 2.75) is 39.4 Å². The molecule has 0 heterocycles. The van der Waals surface area contributed by atoms with E-state index in [2.05, 4.69) is 10.6 Å². The number of amides is 2. The lowest BCUT2D eigenvalue weighted by atomic mass is 10.2. The molecule has 26 heavy (non-hydrogen) atoms. The standard InChI is InChI=1S/C17H26N2O6S/c1-3-14(2)25-26(22,23)12-11-18-16(20)9-10-19-17(21)24-13-15-7-5-4-6-8-15/h4-8,14H,3,9-13H2,1-2H3,(H,18,20)(H,19,21). The van der Waals surface area contributed by atoms with E-state index in [1.54, 1.807) is 6.92 Å². The summed E-state index contributed by atoms with van der Waals surface area (Å²) in [5, 5.41) is 4.93. The normalized spacial score (nSPS) is 12.2. The van der Waals surface area contributed by atoms with E-state index in [4.69, 9.17) is 8.92 Å². The van der Waals surface area contributed by atoms with Crippen LogP contribution in [0.3, 0.4) is 0 Å². The summed E-state index contributed by atoms with van der Waals surface area (Å²) in [5.41, 5.74) is 0.862. The molecule has 0 bridgehead atoms. The van der Waals surface area contributed by atoms with Crippen molar-refractivity contribution in [3.05, 3.63) is 35.9 Å². The molecule has 0 aromatic heterocycles. The van der Waals surface area contributed by atoms with Crippen LogP contribution in [-0.2, 0) is 30.4 Å². The molecule has 1 rings (SSSR count). The van der Waals surface area contributed by atoms with Gasteiger partial charge in [0.15, 0.2) is 0 Å². The molecule has 0 aliphatic rings. The molecule has 0 spiro atoms. The fraction of sp³-hybridized carbons (Fsp3) is 0.529. The van der Waals surface area contributed by atoms with Gasteiger partial charge in [-0.25, -0.2) is 4.79 Å². The molecule has 0 aliphatic carbocycles. The summed E-state index contributed by atoms with van der Waals surface area (Å²) in [6.45, 7) is 3.68. The highest BCUT2D eigenvalue weighted by Gasteiger charge is 2.15. The number of hydrogen-bond donors (Lipinski definition) is 2. The van der Waals surface area contributed by atoms with Crippen LogP contribution in [0.2, 0.25) is 0 Å². The number of hydrogen-bond acceptors (Lipinski definition) is 6. The molecule has 0 saturated heterocycles. The third-order valence-electron chi connectivity index (χ3n) is 3.39. The first-order valence-corrected chi connectivity index (χ1v) is 10.0. The smallest absolute Gasteiger partial charge is 0.407 e. The average molecular weight is 386 g/mol. The minimum atomic E-state index is -3.66. The summed E-state index contributed by atoms with van der Waals surface area (Å²) in [4.78, 5) is 23.1. The van der Waals surface area contributed by atoms with Gasteiger partial charge in [-0.2, -0.15) is 8.42 Å². The van der Waals surface area contributed by atoms with Gasteiger partial charge < -0.3 is 15.4 Å². The van der Waals surface area contributed by atoms with Crippen molar-refractivity contribution in [1.82, 2.24) is 10.6 Å². The number of carbonyl (C=O) groups excluding carboxylic acids is 2. The largest absolute Gasteiger partial charge is 0.445 e. The number of ether oxygens (including phenoxy) is 1. The highest BCUT2D eigenvalue weighted by atomic mass is 32.2. The van der Waals surface area contributed by atoms with Crippen molar-refractivity contribution in [2.75, 3.05) is 18.8 Å². The molecule has 2 N–H and O–H groups in total. The van der Waals surface area contributed by atoms with Gasteiger partial charge in [-0.3, -0.25) is 8.98 Å². The number of rotatable bonds is 11. The number of benzene rings is 1. The fourth-order valence-electron chi connectivity index (χ4n) is 1.82. The molecule has 9 heteroatoms. The first-order valence-electron chi connectivity index (χ1n) is 8.44. The number of carbonyl (C=O) groups is 2. The van der Waals surface area contributed by atoms with Gasteiger partial charge in [-0.05, 0) is 18.9 Å². The Morgan fingerprint density at radius 1 is 1.12 bits per heavy atom. The third-order valence-corrected chi connectivity index (χ3v) is 4.72. The molecule has 146 valence electrons. The average Bonchev–Trinajstić information content (AvgIpc) is 2.60. The maximum atomic E-state index is 11.6. The zero-order valence-corrected chi connectivity index (χ0v) is 15.9. The predicted molar refractivity (Wildman–Crippen MR) is 96.9 cm³/mol. The second-order valence-electron chi connectivity index (χ2n) is 5.67. The van der Waals surface area contributed by atoms with E-state index in [0.29, 0.717) is 6.42 Å². The fourth-order valence-corrected chi connectivity index (χ4v) is 2.91. The van der Waals surface area contributed by atoms with Crippen LogP contribution in [-0.4, -0.2) is 45.4 Å². The van der Waals surface area contributed by atoms with Gasteiger partial charge in [-0.1, -0.05) is 37.3 Å². The Morgan fingerprint density at radius 3 is 2.46 bits per heavy atom. The van der Waals surface area contributed by atoms with Crippen LogP contribution < -0.4 is 10.6 Å². The Balaban J connectivity index is 2.13. The Morgan fingerprint density at radius 2 is 1.81 bits per heavy atom. The van der Waals surface area contributed by atoms with Crippen LogP contribution in [0, 0.1) is 0 Å². The molecule has 1 aromatic rings. The summed E-state index contributed by atoms with van der Waals surface area (Å²) >= 11 is 0. The molecular formula is C17H26N2O6S. The zero-order chi connectivity index (χ0) is 19.4. The Bertz CT molecular complexity index is 663. The van der Waals surface area contributed by atoms with Crippen LogP contribution >= 0.6 is 0 Å². The summed E-state index contributed by atoms with van der Waals surface area (Å²) in [7, 11) is -3.66. The van der Waals surface area contributed by atoms with E-state index in [1.165, 1.54) is 0 Å². The summed E-state index contributed by atoms with van der Waals surface area (Å²) in [6, 6.07) is 9.22. The van der Waals surface area contributed by atoms with Gasteiger partial charge in [0.1, 0.15) is 6.61 Å². The van der Waals surface area contributed by atoms with Crippen LogP contribution in [0.1, 0.15) is 32.3 Å². The minimum Gasteiger partial charge on any atom is -0.445 e. The van der Waals surface area contributed by atoms with Crippen molar-refractivity contribution in [1.29, 1.82) is 0 Å².